The van der Waals surface area contributed by atoms with Gasteiger partial charge in [-0.3, -0.25) is 4.79 Å². The van der Waals surface area contributed by atoms with Gasteiger partial charge in [0.15, 0.2) is 5.65 Å². The summed E-state index contributed by atoms with van der Waals surface area (Å²) in [5.74, 6) is 0.737. The number of ether oxygens (including phenoxy) is 2. The third-order valence-electron chi connectivity index (χ3n) is 3.64. The van der Waals surface area contributed by atoms with E-state index < -0.39 is 0 Å². The molecule has 1 amide bonds. The molecule has 124 valence electrons. The standard InChI is InChI=1S/C14H20N6O3/c1-22-9-12(21)15-2-3-20-14-11(8-18-20)13(16-10-17-14)19-4-6-23-7-5-19/h8,10H,2-7,9H2,1H3,(H,15,21). The molecule has 3 rings (SSSR count). The highest BCUT2D eigenvalue weighted by molar-refractivity contribution is 5.86. The van der Waals surface area contributed by atoms with Crippen LogP contribution in [0, 0.1) is 0 Å². The van der Waals surface area contributed by atoms with Crippen molar-refractivity contribution in [1.82, 2.24) is 25.1 Å². The van der Waals surface area contributed by atoms with E-state index in [4.69, 9.17) is 9.47 Å². The van der Waals surface area contributed by atoms with Crippen LogP contribution in [0.4, 0.5) is 5.82 Å². The Kier molecular flexibility index (Phi) is 4.99. The molecule has 0 atom stereocenters. The number of anilines is 1. The lowest BCUT2D eigenvalue weighted by atomic mass is 10.3. The van der Waals surface area contributed by atoms with E-state index in [-0.39, 0.29) is 12.5 Å². The zero-order valence-electron chi connectivity index (χ0n) is 13.1. The van der Waals surface area contributed by atoms with Gasteiger partial charge in [-0.15, -0.1) is 0 Å². The first-order chi connectivity index (χ1) is 11.3. The van der Waals surface area contributed by atoms with Crippen LogP contribution in [-0.2, 0) is 20.8 Å². The van der Waals surface area contributed by atoms with E-state index in [1.54, 1.807) is 17.2 Å². The molecule has 0 bridgehead atoms. The Labute approximate surface area is 133 Å². The summed E-state index contributed by atoms with van der Waals surface area (Å²) >= 11 is 0. The maximum Gasteiger partial charge on any atom is 0.246 e. The second-order valence-corrected chi connectivity index (χ2v) is 5.18. The topological polar surface area (TPSA) is 94.4 Å². The molecule has 0 radical (unpaired) electrons. The van der Waals surface area contributed by atoms with E-state index in [1.165, 1.54) is 7.11 Å². The van der Waals surface area contributed by atoms with Crippen molar-refractivity contribution in [3.63, 3.8) is 0 Å². The van der Waals surface area contributed by atoms with Crippen molar-refractivity contribution in [2.75, 3.05) is 51.5 Å². The molecule has 1 aliphatic heterocycles. The van der Waals surface area contributed by atoms with Crippen LogP contribution in [0.25, 0.3) is 11.0 Å². The molecule has 0 spiro atoms. The predicted octanol–water partition coefficient (Wildman–Crippen LogP) is -0.574. The molecule has 2 aromatic heterocycles. The molecule has 9 nitrogen and oxygen atoms in total. The maximum atomic E-state index is 11.4. The van der Waals surface area contributed by atoms with Gasteiger partial charge in [-0.2, -0.15) is 5.10 Å². The lowest BCUT2D eigenvalue weighted by Gasteiger charge is -2.27. The highest BCUT2D eigenvalue weighted by Crippen LogP contribution is 2.23. The van der Waals surface area contributed by atoms with Gasteiger partial charge < -0.3 is 19.7 Å². The van der Waals surface area contributed by atoms with Crippen molar-refractivity contribution < 1.29 is 14.3 Å². The monoisotopic (exact) mass is 320 g/mol. The molecular formula is C14H20N6O3. The molecular weight excluding hydrogens is 300 g/mol. The molecule has 9 heteroatoms. The summed E-state index contributed by atoms with van der Waals surface area (Å²) in [7, 11) is 1.49. The molecule has 0 unspecified atom stereocenters. The van der Waals surface area contributed by atoms with E-state index in [2.05, 4.69) is 25.3 Å². The number of hydrogen-bond donors (Lipinski definition) is 1. The van der Waals surface area contributed by atoms with Crippen LogP contribution in [0.15, 0.2) is 12.5 Å². The van der Waals surface area contributed by atoms with Crippen molar-refractivity contribution in [3.05, 3.63) is 12.5 Å². The van der Waals surface area contributed by atoms with Gasteiger partial charge in [0.1, 0.15) is 18.8 Å². The average molecular weight is 320 g/mol. The second-order valence-electron chi connectivity index (χ2n) is 5.18. The molecule has 1 fully saturated rings. The van der Waals surface area contributed by atoms with Crippen LogP contribution in [-0.4, -0.2) is 72.2 Å². The lowest BCUT2D eigenvalue weighted by molar-refractivity contribution is -0.124. The zero-order valence-corrected chi connectivity index (χ0v) is 13.1. The summed E-state index contributed by atoms with van der Waals surface area (Å²) in [5, 5.41) is 8.05. The number of amides is 1. The smallest absolute Gasteiger partial charge is 0.246 e. The van der Waals surface area contributed by atoms with Gasteiger partial charge in [0.2, 0.25) is 5.91 Å². The molecule has 2 aromatic rings. The van der Waals surface area contributed by atoms with Crippen LogP contribution >= 0.6 is 0 Å². The molecule has 1 N–H and O–H groups in total. The molecule has 0 aromatic carbocycles. The molecule has 0 saturated carbocycles. The lowest BCUT2D eigenvalue weighted by Crippen LogP contribution is -2.36. The van der Waals surface area contributed by atoms with Gasteiger partial charge >= 0.3 is 0 Å². The Hall–Kier alpha value is -2.26. The maximum absolute atomic E-state index is 11.4. The van der Waals surface area contributed by atoms with Crippen molar-refractivity contribution >= 4 is 22.8 Å². The minimum atomic E-state index is -0.146. The van der Waals surface area contributed by atoms with Gasteiger partial charge in [0, 0.05) is 26.7 Å². The Morgan fingerprint density at radius 1 is 1.39 bits per heavy atom. The number of hydrogen-bond acceptors (Lipinski definition) is 7. The quantitative estimate of drug-likeness (QED) is 0.761. The summed E-state index contributed by atoms with van der Waals surface area (Å²) in [6.07, 6.45) is 3.33. The van der Waals surface area contributed by atoms with Crippen molar-refractivity contribution in [2.45, 2.75) is 6.54 Å². The molecule has 0 aliphatic carbocycles. The SMILES string of the molecule is COCC(=O)NCCn1ncc2c(N3CCOCC3)ncnc21. The fourth-order valence-corrected chi connectivity index (χ4v) is 2.55. The van der Waals surface area contributed by atoms with Crippen LogP contribution in [0.5, 0.6) is 0 Å². The fraction of sp³-hybridized carbons (Fsp3) is 0.571. The molecule has 3 heterocycles. The summed E-state index contributed by atoms with van der Waals surface area (Å²) < 4.78 is 11.9. The number of rotatable bonds is 6. The number of carbonyl (C=O) groups is 1. The van der Waals surface area contributed by atoms with Crippen molar-refractivity contribution in [1.29, 1.82) is 0 Å². The van der Waals surface area contributed by atoms with E-state index in [0.29, 0.717) is 26.3 Å². The number of nitrogens with one attached hydrogen (secondary N) is 1. The highest BCUT2D eigenvalue weighted by atomic mass is 16.5. The number of methoxy groups -OCH3 is 1. The van der Waals surface area contributed by atoms with E-state index in [0.717, 1.165) is 29.9 Å². The Morgan fingerprint density at radius 3 is 3.00 bits per heavy atom. The highest BCUT2D eigenvalue weighted by Gasteiger charge is 2.17. The minimum absolute atomic E-state index is 0.0587. The molecule has 1 saturated heterocycles. The van der Waals surface area contributed by atoms with Crippen LogP contribution in [0.1, 0.15) is 0 Å². The number of aromatic nitrogens is 4. The van der Waals surface area contributed by atoms with Gasteiger partial charge in [-0.1, -0.05) is 0 Å². The van der Waals surface area contributed by atoms with E-state index in [9.17, 15) is 4.79 Å². The van der Waals surface area contributed by atoms with Gasteiger partial charge in [-0.05, 0) is 0 Å². The predicted molar refractivity (Wildman–Crippen MR) is 83.2 cm³/mol. The largest absolute Gasteiger partial charge is 0.378 e. The van der Waals surface area contributed by atoms with Crippen LogP contribution < -0.4 is 10.2 Å². The number of fused-ring (bicyclic) bond motifs is 1. The summed E-state index contributed by atoms with van der Waals surface area (Å²) in [4.78, 5) is 22.3. The van der Waals surface area contributed by atoms with Gasteiger partial charge in [-0.25, -0.2) is 14.6 Å². The number of morpholine rings is 1. The first kappa shape index (κ1) is 15.6. The number of carbonyl (C=O) groups excluding carboxylic acids is 1. The minimum Gasteiger partial charge on any atom is -0.378 e. The Balaban J connectivity index is 1.72. The second kappa shape index (κ2) is 7.34. The first-order valence-electron chi connectivity index (χ1n) is 7.54. The summed E-state index contributed by atoms with van der Waals surface area (Å²) in [6, 6.07) is 0. The van der Waals surface area contributed by atoms with E-state index in [1.807, 2.05) is 0 Å². The zero-order chi connectivity index (χ0) is 16.1. The van der Waals surface area contributed by atoms with Gasteiger partial charge in [0.05, 0.1) is 31.3 Å². The summed E-state index contributed by atoms with van der Waals surface area (Å²) in [5.41, 5.74) is 0.766. The Bertz CT molecular complexity index is 668. The van der Waals surface area contributed by atoms with E-state index >= 15 is 0 Å². The molecule has 23 heavy (non-hydrogen) atoms. The van der Waals surface area contributed by atoms with Gasteiger partial charge in [0.25, 0.3) is 0 Å². The first-order valence-corrected chi connectivity index (χ1v) is 7.54. The van der Waals surface area contributed by atoms with Crippen LogP contribution in [0.3, 0.4) is 0 Å². The normalized spacial score (nSPS) is 15.1. The third kappa shape index (κ3) is 3.57. The Morgan fingerprint density at radius 2 is 2.22 bits per heavy atom. The fourth-order valence-electron chi connectivity index (χ4n) is 2.55. The van der Waals surface area contributed by atoms with Crippen LogP contribution in [0.2, 0.25) is 0 Å². The third-order valence-corrected chi connectivity index (χ3v) is 3.64. The van der Waals surface area contributed by atoms with Crippen molar-refractivity contribution in [2.24, 2.45) is 0 Å². The average Bonchev–Trinajstić information content (AvgIpc) is 2.99. The summed E-state index contributed by atoms with van der Waals surface area (Å²) in [6.45, 7) is 4.09. The number of nitrogens with zero attached hydrogens (tertiary/aromatic N) is 5. The van der Waals surface area contributed by atoms with Crippen molar-refractivity contribution in [3.8, 4) is 0 Å². The molecule has 1 aliphatic rings.